The fourth-order valence-corrected chi connectivity index (χ4v) is 4.15. The number of hydrogen-bond donors (Lipinski definition) is 0. The number of nitrogens with zero attached hydrogens (tertiary/aromatic N) is 4. The molecule has 4 aromatic rings. The smallest absolute Gasteiger partial charge is 0.190 e. The van der Waals surface area contributed by atoms with E-state index in [4.69, 9.17) is 4.99 Å². The summed E-state index contributed by atoms with van der Waals surface area (Å²) in [4.78, 5) is 10.0. The van der Waals surface area contributed by atoms with Gasteiger partial charge in [-0.25, -0.2) is 9.98 Å². The van der Waals surface area contributed by atoms with Crippen LogP contribution in [0.15, 0.2) is 88.2 Å². The fourth-order valence-electron chi connectivity index (χ4n) is 2.93. The van der Waals surface area contributed by atoms with Gasteiger partial charge in [-0.2, -0.15) is 0 Å². The second-order valence-corrected chi connectivity index (χ2v) is 7.92. The fraction of sp³-hybridized carbons (Fsp3) is 0.143. The minimum Gasteiger partial charge on any atom is -0.337 e. The molecule has 0 unspecified atom stereocenters. The molecule has 6 heteroatoms. The van der Waals surface area contributed by atoms with Crippen LogP contribution in [0.2, 0.25) is 0 Å². The summed E-state index contributed by atoms with van der Waals surface area (Å²) in [6.45, 7) is 1.84. The highest BCUT2D eigenvalue weighted by atomic mass is 79.9. The minimum atomic E-state index is 0.902. The Bertz CT molecular complexity index is 1050. The summed E-state index contributed by atoms with van der Waals surface area (Å²) in [5.41, 5.74) is 3.38. The third kappa shape index (κ3) is 4.46. The van der Waals surface area contributed by atoms with Gasteiger partial charge in [0.1, 0.15) is 0 Å². The molecule has 0 radical (unpaired) electrons. The second kappa shape index (κ2) is 8.50. The lowest BCUT2D eigenvalue weighted by Crippen LogP contribution is -2.17. The van der Waals surface area contributed by atoms with E-state index < -0.39 is 0 Å². The molecular weight excluding hydrogens is 420 g/mol. The minimum absolute atomic E-state index is 0.902. The summed E-state index contributed by atoms with van der Waals surface area (Å²) in [6.07, 6.45) is 6.70. The zero-order valence-corrected chi connectivity index (χ0v) is 17.1. The number of halogens is 1. The molecule has 0 amide bonds. The van der Waals surface area contributed by atoms with E-state index >= 15 is 0 Å². The number of imidazole rings is 1. The van der Waals surface area contributed by atoms with E-state index in [0.29, 0.717) is 0 Å². The van der Waals surface area contributed by atoms with E-state index in [1.807, 2.05) is 49.1 Å². The van der Waals surface area contributed by atoms with Crippen molar-refractivity contribution < 1.29 is 0 Å². The van der Waals surface area contributed by atoms with E-state index in [0.717, 1.165) is 34.5 Å². The molecule has 0 aliphatic heterocycles. The van der Waals surface area contributed by atoms with E-state index in [1.165, 1.54) is 11.3 Å². The van der Waals surface area contributed by atoms with Crippen LogP contribution in [0.3, 0.4) is 0 Å². The summed E-state index contributed by atoms with van der Waals surface area (Å²) in [7, 11) is 0. The van der Waals surface area contributed by atoms with Crippen molar-refractivity contribution >= 4 is 33.0 Å². The molecule has 0 spiro atoms. The van der Waals surface area contributed by atoms with Crippen LogP contribution in [0.25, 0.3) is 11.3 Å². The predicted molar refractivity (Wildman–Crippen MR) is 114 cm³/mol. The largest absolute Gasteiger partial charge is 0.337 e. The SMILES string of the molecule is Brc1ccc(-c2csc(=Nc3ccccc3)n2CCCn2ccnc2)cc1. The van der Waals surface area contributed by atoms with E-state index in [2.05, 4.69) is 59.7 Å². The molecule has 0 aliphatic carbocycles. The van der Waals surface area contributed by atoms with E-state index in [-0.39, 0.29) is 0 Å². The Hall–Kier alpha value is -2.44. The molecule has 0 N–H and O–H groups in total. The first-order chi connectivity index (χ1) is 13.3. The number of hydrogen-bond acceptors (Lipinski definition) is 3. The average molecular weight is 439 g/mol. The van der Waals surface area contributed by atoms with Gasteiger partial charge in [-0.15, -0.1) is 11.3 Å². The van der Waals surface area contributed by atoms with Crippen LogP contribution in [-0.2, 0) is 13.1 Å². The lowest BCUT2D eigenvalue weighted by atomic mass is 10.2. The molecule has 2 aromatic carbocycles. The molecule has 2 aromatic heterocycles. The molecule has 27 heavy (non-hydrogen) atoms. The topological polar surface area (TPSA) is 35.1 Å². The van der Waals surface area contributed by atoms with Gasteiger partial charge in [-0.1, -0.05) is 46.3 Å². The van der Waals surface area contributed by atoms with Crippen molar-refractivity contribution in [2.45, 2.75) is 19.5 Å². The van der Waals surface area contributed by atoms with Gasteiger partial charge in [-0.05, 0) is 36.2 Å². The normalized spacial score (nSPS) is 11.8. The molecule has 136 valence electrons. The Balaban J connectivity index is 1.68. The Morgan fingerprint density at radius 2 is 1.81 bits per heavy atom. The van der Waals surface area contributed by atoms with Crippen LogP contribution < -0.4 is 4.80 Å². The zero-order chi connectivity index (χ0) is 18.5. The predicted octanol–water partition coefficient (Wildman–Crippen LogP) is 5.50. The van der Waals surface area contributed by atoms with Crippen LogP contribution in [0.5, 0.6) is 0 Å². The summed E-state index contributed by atoms with van der Waals surface area (Å²) >= 11 is 5.20. The van der Waals surface area contributed by atoms with Gasteiger partial charge in [0.25, 0.3) is 0 Å². The van der Waals surface area contributed by atoms with Crippen molar-refractivity contribution in [2.75, 3.05) is 0 Å². The number of para-hydroxylation sites is 1. The monoisotopic (exact) mass is 438 g/mol. The third-order valence-corrected chi connectivity index (χ3v) is 5.67. The van der Waals surface area contributed by atoms with E-state index in [1.54, 1.807) is 11.3 Å². The lowest BCUT2D eigenvalue weighted by Gasteiger charge is -2.10. The molecule has 0 atom stereocenters. The van der Waals surface area contributed by atoms with Gasteiger partial charge < -0.3 is 9.13 Å². The lowest BCUT2D eigenvalue weighted by molar-refractivity contribution is 0.559. The van der Waals surface area contributed by atoms with Gasteiger partial charge >= 0.3 is 0 Å². The molecule has 2 heterocycles. The molecule has 0 saturated carbocycles. The highest BCUT2D eigenvalue weighted by Gasteiger charge is 2.08. The van der Waals surface area contributed by atoms with Gasteiger partial charge in [0.15, 0.2) is 4.80 Å². The molecule has 0 saturated heterocycles. The summed E-state index contributed by atoms with van der Waals surface area (Å²) in [5, 5.41) is 2.20. The highest BCUT2D eigenvalue weighted by molar-refractivity contribution is 9.10. The Kier molecular flexibility index (Phi) is 5.65. The van der Waals surface area contributed by atoms with Crippen LogP contribution in [0, 0.1) is 0 Å². The number of thiazole rings is 1. The van der Waals surface area contributed by atoms with Crippen molar-refractivity contribution in [3.8, 4) is 11.3 Å². The van der Waals surface area contributed by atoms with Gasteiger partial charge in [0, 0.05) is 35.3 Å². The van der Waals surface area contributed by atoms with Gasteiger partial charge in [0.2, 0.25) is 0 Å². The molecule has 0 fully saturated rings. The molecule has 0 bridgehead atoms. The molecule has 4 rings (SSSR count). The standard InChI is InChI=1S/C21H19BrN4S/c22-18-9-7-17(8-10-18)20-15-27-21(24-19-5-2-1-3-6-19)26(20)13-4-12-25-14-11-23-16-25/h1-3,5-11,14-16H,4,12-13H2. The van der Waals surface area contributed by atoms with Crippen LogP contribution in [-0.4, -0.2) is 14.1 Å². The first kappa shape index (κ1) is 17.9. The quantitative estimate of drug-likeness (QED) is 0.391. The summed E-state index contributed by atoms with van der Waals surface area (Å²) < 4.78 is 5.51. The highest BCUT2D eigenvalue weighted by Crippen LogP contribution is 2.23. The number of benzene rings is 2. The maximum atomic E-state index is 4.87. The van der Waals surface area contributed by atoms with Crippen LogP contribution in [0.1, 0.15) is 6.42 Å². The molecular formula is C21H19BrN4S. The van der Waals surface area contributed by atoms with Crippen LogP contribution in [0.4, 0.5) is 5.69 Å². The second-order valence-electron chi connectivity index (χ2n) is 6.16. The first-order valence-corrected chi connectivity index (χ1v) is 10.5. The van der Waals surface area contributed by atoms with Gasteiger partial charge in [-0.3, -0.25) is 0 Å². The summed E-state index contributed by atoms with van der Waals surface area (Å²) in [5.74, 6) is 0. The number of rotatable bonds is 6. The van der Waals surface area contributed by atoms with Gasteiger partial charge in [0.05, 0.1) is 17.7 Å². The number of aryl methyl sites for hydroxylation is 1. The van der Waals surface area contributed by atoms with Crippen molar-refractivity contribution in [3.05, 3.63) is 88.0 Å². The third-order valence-electron chi connectivity index (χ3n) is 4.28. The van der Waals surface area contributed by atoms with Crippen molar-refractivity contribution in [3.63, 3.8) is 0 Å². The number of aromatic nitrogens is 3. The van der Waals surface area contributed by atoms with Crippen molar-refractivity contribution in [1.29, 1.82) is 0 Å². The van der Waals surface area contributed by atoms with E-state index in [9.17, 15) is 0 Å². The van der Waals surface area contributed by atoms with Crippen LogP contribution >= 0.6 is 27.3 Å². The maximum Gasteiger partial charge on any atom is 0.190 e. The Labute approximate surface area is 170 Å². The van der Waals surface area contributed by atoms with Crippen molar-refractivity contribution in [2.24, 2.45) is 4.99 Å². The zero-order valence-electron chi connectivity index (χ0n) is 14.7. The Morgan fingerprint density at radius 3 is 2.56 bits per heavy atom. The molecule has 4 nitrogen and oxygen atoms in total. The first-order valence-electron chi connectivity index (χ1n) is 8.79. The summed E-state index contributed by atoms with van der Waals surface area (Å²) in [6, 6.07) is 18.6. The Morgan fingerprint density at radius 1 is 1.00 bits per heavy atom. The van der Waals surface area contributed by atoms with Crippen molar-refractivity contribution in [1.82, 2.24) is 14.1 Å². The molecule has 0 aliphatic rings. The maximum absolute atomic E-state index is 4.87. The average Bonchev–Trinajstić information content (AvgIpc) is 3.34.